The van der Waals surface area contributed by atoms with Crippen LogP contribution >= 0.6 is 11.8 Å². The van der Waals surface area contributed by atoms with Gasteiger partial charge in [-0.2, -0.15) is 0 Å². The van der Waals surface area contributed by atoms with E-state index in [9.17, 15) is 0 Å². The molecule has 0 saturated heterocycles. The summed E-state index contributed by atoms with van der Waals surface area (Å²) >= 11 is 1.75. The van der Waals surface area contributed by atoms with Crippen LogP contribution in [0.5, 0.6) is 5.75 Å². The molecule has 0 radical (unpaired) electrons. The van der Waals surface area contributed by atoms with Gasteiger partial charge in [0.25, 0.3) is 0 Å². The highest BCUT2D eigenvalue weighted by Gasteiger charge is 2.08. The van der Waals surface area contributed by atoms with Crippen LogP contribution in [-0.2, 0) is 0 Å². The van der Waals surface area contributed by atoms with E-state index in [0.29, 0.717) is 0 Å². The molecule has 112 valence electrons. The summed E-state index contributed by atoms with van der Waals surface area (Å²) in [5.41, 5.74) is 1.05. The van der Waals surface area contributed by atoms with E-state index in [1.807, 2.05) is 24.4 Å². The topological polar surface area (TPSA) is 22.1 Å². The van der Waals surface area contributed by atoms with Crippen molar-refractivity contribution >= 4 is 33.4 Å². The Morgan fingerprint density at radius 3 is 2.61 bits per heavy atom. The normalized spacial score (nSPS) is 11.0. The molecule has 0 aliphatic rings. The molecule has 0 spiro atoms. The Bertz CT molecular complexity index is 997. The number of hydrogen-bond donors (Lipinski definition) is 0. The first-order valence-corrected chi connectivity index (χ1v) is 8.25. The highest BCUT2D eigenvalue weighted by molar-refractivity contribution is 7.99. The first kappa shape index (κ1) is 14.1. The van der Waals surface area contributed by atoms with Gasteiger partial charge in [-0.15, -0.1) is 0 Å². The highest BCUT2D eigenvalue weighted by atomic mass is 32.2. The molecule has 0 aliphatic heterocycles. The summed E-state index contributed by atoms with van der Waals surface area (Å²) in [6, 6.07) is 22.9. The molecule has 4 aromatic rings. The molecule has 3 heteroatoms. The van der Waals surface area contributed by atoms with Gasteiger partial charge in [0.1, 0.15) is 5.75 Å². The Kier molecular flexibility index (Phi) is 3.64. The van der Waals surface area contributed by atoms with E-state index in [-0.39, 0.29) is 0 Å². The van der Waals surface area contributed by atoms with Crippen molar-refractivity contribution in [1.82, 2.24) is 4.98 Å². The quantitative estimate of drug-likeness (QED) is 0.463. The number of methoxy groups -OCH3 is 1. The van der Waals surface area contributed by atoms with E-state index in [1.165, 1.54) is 15.7 Å². The number of rotatable bonds is 3. The van der Waals surface area contributed by atoms with Crippen LogP contribution in [0, 0.1) is 0 Å². The van der Waals surface area contributed by atoms with Crippen LogP contribution in [0.3, 0.4) is 0 Å². The molecular formula is C20H15NOS. The van der Waals surface area contributed by atoms with Crippen molar-refractivity contribution in [2.24, 2.45) is 0 Å². The molecule has 23 heavy (non-hydrogen) atoms. The van der Waals surface area contributed by atoms with E-state index in [2.05, 4.69) is 53.5 Å². The Morgan fingerprint density at radius 1 is 0.870 bits per heavy atom. The van der Waals surface area contributed by atoms with Crippen LogP contribution in [0.4, 0.5) is 0 Å². The third kappa shape index (κ3) is 2.64. The molecule has 1 aromatic heterocycles. The van der Waals surface area contributed by atoms with Crippen molar-refractivity contribution in [2.75, 3.05) is 7.11 Å². The lowest BCUT2D eigenvalue weighted by molar-refractivity contribution is 0.413. The van der Waals surface area contributed by atoms with Gasteiger partial charge in [-0.3, -0.25) is 4.98 Å². The lowest BCUT2D eigenvalue weighted by atomic mass is 10.1. The lowest BCUT2D eigenvalue weighted by Gasteiger charge is -2.10. The minimum atomic E-state index is 0.877. The summed E-state index contributed by atoms with van der Waals surface area (Å²) in [5, 5.41) is 3.58. The fourth-order valence-electron chi connectivity index (χ4n) is 2.76. The molecule has 0 aliphatic carbocycles. The largest absolute Gasteiger partial charge is 0.497 e. The number of ether oxygens (including phenoxy) is 1. The zero-order chi connectivity index (χ0) is 15.6. The predicted octanol–water partition coefficient (Wildman–Crippen LogP) is 5.55. The van der Waals surface area contributed by atoms with E-state index < -0.39 is 0 Å². The summed E-state index contributed by atoms with van der Waals surface area (Å²) in [7, 11) is 1.70. The summed E-state index contributed by atoms with van der Waals surface area (Å²) in [4.78, 5) is 6.95. The second-order valence-corrected chi connectivity index (χ2v) is 6.39. The Labute approximate surface area is 139 Å². The molecule has 0 bridgehead atoms. The van der Waals surface area contributed by atoms with Gasteiger partial charge in [0.15, 0.2) is 0 Å². The Balaban J connectivity index is 1.90. The van der Waals surface area contributed by atoms with Gasteiger partial charge in [-0.1, -0.05) is 48.2 Å². The van der Waals surface area contributed by atoms with Crippen LogP contribution in [-0.4, -0.2) is 12.1 Å². The third-order valence-corrected chi connectivity index (χ3v) is 4.89. The number of nitrogens with zero attached hydrogens (tertiary/aromatic N) is 1. The molecule has 4 rings (SSSR count). The molecule has 0 N–H and O–H groups in total. The second-order valence-electron chi connectivity index (χ2n) is 5.28. The molecule has 0 unspecified atom stereocenters. The predicted molar refractivity (Wildman–Crippen MR) is 96.4 cm³/mol. The summed E-state index contributed by atoms with van der Waals surface area (Å²) in [5.74, 6) is 0.877. The molecule has 0 atom stereocenters. The number of hydrogen-bond acceptors (Lipinski definition) is 3. The van der Waals surface area contributed by atoms with Gasteiger partial charge in [0, 0.05) is 26.8 Å². The summed E-state index contributed by atoms with van der Waals surface area (Å²) in [6.45, 7) is 0. The zero-order valence-corrected chi connectivity index (χ0v) is 13.5. The first-order chi connectivity index (χ1) is 11.3. The van der Waals surface area contributed by atoms with Gasteiger partial charge < -0.3 is 4.74 Å². The molecule has 1 heterocycles. The SMILES string of the molecule is COc1cccc(Sc2cc3cccnc3c3ccccc23)c1. The van der Waals surface area contributed by atoms with Crippen molar-refractivity contribution < 1.29 is 4.74 Å². The maximum atomic E-state index is 5.33. The Hall–Kier alpha value is -2.52. The average molecular weight is 317 g/mol. The van der Waals surface area contributed by atoms with Gasteiger partial charge in [-0.25, -0.2) is 0 Å². The lowest BCUT2D eigenvalue weighted by Crippen LogP contribution is -1.85. The van der Waals surface area contributed by atoms with Crippen molar-refractivity contribution in [3.05, 3.63) is 72.9 Å². The minimum absolute atomic E-state index is 0.877. The number of pyridine rings is 1. The van der Waals surface area contributed by atoms with Crippen LogP contribution in [0.25, 0.3) is 21.7 Å². The van der Waals surface area contributed by atoms with E-state index in [4.69, 9.17) is 4.74 Å². The smallest absolute Gasteiger partial charge is 0.119 e. The molecular weight excluding hydrogens is 302 g/mol. The second kappa shape index (κ2) is 5.94. The molecule has 0 amide bonds. The molecule has 2 nitrogen and oxygen atoms in total. The fraction of sp³-hybridized carbons (Fsp3) is 0.0500. The third-order valence-electron chi connectivity index (χ3n) is 3.84. The monoisotopic (exact) mass is 317 g/mol. The van der Waals surface area contributed by atoms with Crippen molar-refractivity contribution in [3.63, 3.8) is 0 Å². The van der Waals surface area contributed by atoms with Crippen LogP contribution in [0.1, 0.15) is 0 Å². The van der Waals surface area contributed by atoms with E-state index in [1.54, 1.807) is 18.9 Å². The van der Waals surface area contributed by atoms with Gasteiger partial charge in [0.05, 0.1) is 12.6 Å². The van der Waals surface area contributed by atoms with Crippen molar-refractivity contribution in [2.45, 2.75) is 9.79 Å². The average Bonchev–Trinajstić information content (AvgIpc) is 2.62. The van der Waals surface area contributed by atoms with Crippen LogP contribution < -0.4 is 4.74 Å². The highest BCUT2D eigenvalue weighted by Crippen LogP contribution is 2.37. The first-order valence-electron chi connectivity index (χ1n) is 7.43. The molecule has 3 aromatic carbocycles. The summed E-state index contributed by atoms with van der Waals surface area (Å²) < 4.78 is 5.33. The standard InChI is InChI=1S/C20H15NOS/c1-22-15-7-4-8-16(13-15)23-19-12-14-6-5-11-21-20(14)18-10-3-2-9-17(18)19/h2-13H,1H3. The number of aromatic nitrogens is 1. The van der Waals surface area contributed by atoms with Gasteiger partial charge in [-0.05, 0) is 35.7 Å². The van der Waals surface area contributed by atoms with Gasteiger partial charge in [0.2, 0.25) is 0 Å². The zero-order valence-electron chi connectivity index (χ0n) is 12.7. The fourth-order valence-corrected chi connectivity index (χ4v) is 3.81. The molecule has 0 fully saturated rings. The number of benzene rings is 3. The molecule has 0 saturated carbocycles. The van der Waals surface area contributed by atoms with Gasteiger partial charge >= 0.3 is 0 Å². The van der Waals surface area contributed by atoms with Crippen LogP contribution in [0.2, 0.25) is 0 Å². The number of fused-ring (bicyclic) bond motifs is 3. The summed E-state index contributed by atoms with van der Waals surface area (Å²) in [6.07, 6.45) is 1.85. The van der Waals surface area contributed by atoms with Crippen LogP contribution in [0.15, 0.2) is 82.7 Å². The Morgan fingerprint density at radius 2 is 1.74 bits per heavy atom. The van der Waals surface area contributed by atoms with E-state index >= 15 is 0 Å². The maximum absolute atomic E-state index is 5.33. The van der Waals surface area contributed by atoms with E-state index in [0.717, 1.165) is 21.5 Å². The maximum Gasteiger partial charge on any atom is 0.119 e. The van der Waals surface area contributed by atoms with Crippen molar-refractivity contribution in [3.8, 4) is 5.75 Å². The van der Waals surface area contributed by atoms with Crippen molar-refractivity contribution in [1.29, 1.82) is 0 Å². The minimum Gasteiger partial charge on any atom is -0.497 e.